The minimum Gasteiger partial charge on any atom is -0.502 e. The van der Waals surface area contributed by atoms with E-state index >= 15 is 0 Å². The summed E-state index contributed by atoms with van der Waals surface area (Å²) in [4.78, 5) is 33.1. The number of aromatic hydroxyl groups is 1. The maximum Gasteiger partial charge on any atom is 0.312 e. The van der Waals surface area contributed by atoms with Gasteiger partial charge in [0.25, 0.3) is 0 Å². The van der Waals surface area contributed by atoms with Crippen LogP contribution < -0.4 is 11.1 Å². The minimum atomic E-state index is -1.01. The van der Waals surface area contributed by atoms with Crippen molar-refractivity contribution in [1.29, 1.82) is 0 Å². The highest BCUT2D eigenvalue weighted by Crippen LogP contribution is 2.37. The van der Waals surface area contributed by atoms with Crippen molar-refractivity contribution in [3.8, 4) is 5.75 Å². The van der Waals surface area contributed by atoms with E-state index in [1.807, 2.05) is 0 Å². The topological polar surface area (TPSA) is 145 Å². The lowest BCUT2D eigenvalue weighted by molar-refractivity contribution is -0.386. The number of nitrogens with zero attached hydrogens (tertiary/aromatic N) is 1. The molecule has 1 aromatic rings. The maximum atomic E-state index is 11.5. The predicted molar refractivity (Wildman–Crippen MR) is 86.3 cm³/mol. The first-order chi connectivity index (χ1) is 10.3. The number of esters is 1. The van der Waals surface area contributed by atoms with Crippen molar-refractivity contribution in [3.05, 3.63) is 32.3 Å². The molecule has 1 rings (SSSR count). The lowest BCUT2D eigenvalue weighted by Crippen LogP contribution is -2.35. The van der Waals surface area contributed by atoms with Gasteiger partial charge in [-0.1, -0.05) is 15.9 Å². The second-order valence-corrected chi connectivity index (χ2v) is 5.14. The first kappa shape index (κ1) is 21.1. The van der Waals surface area contributed by atoms with Crippen LogP contribution in [0.25, 0.3) is 0 Å². The van der Waals surface area contributed by atoms with Crippen molar-refractivity contribution in [2.75, 3.05) is 13.7 Å². The molecule has 4 N–H and O–H groups in total. The minimum absolute atomic E-state index is 0. The molecule has 23 heavy (non-hydrogen) atoms. The van der Waals surface area contributed by atoms with Crippen molar-refractivity contribution in [2.24, 2.45) is 5.73 Å². The number of benzene rings is 1. The van der Waals surface area contributed by atoms with Crippen LogP contribution in [0.4, 0.5) is 5.69 Å². The van der Waals surface area contributed by atoms with Gasteiger partial charge in [0.1, 0.15) is 0 Å². The molecular weight excluding hydrogens is 398 g/mol. The van der Waals surface area contributed by atoms with Crippen molar-refractivity contribution < 1.29 is 24.4 Å². The third-order valence-electron chi connectivity index (χ3n) is 2.78. The molecule has 9 nitrogen and oxygen atoms in total. The second-order valence-electron chi connectivity index (χ2n) is 4.22. The molecule has 0 radical (unpaired) electrons. The Labute approximate surface area is 145 Å². The van der Waals surface area contributed by atoms with Crippen LogP contribution in [-0.4, -0.2) is 35.6 Å². The highest BCUT2D eigenvalue weighted by Gasteiger charge is 2.27. The van der Waals surface area contributed by atoms with Crippen molar-refractivity contribution >= 4 is 45.9 Å². The Morgan fingerprint density at radius 3 is 2.61 bits per heavy atom. The number of carbonyl (C=O) groups excluding carboxylic acids is 2. The number of nitrogens with one attached hydrogen (secondary N) is 1. The van der Waals surface area contributed by atoms with Crippen LogP contribution >= 0.6 is 28.3 Å². The van der Waals surface area contributed by atoms with Gasteiger partial charge in [-0.15, -0.1) is 12.4 Å². The van der Waals surface area contributed by atoms with Gasteiger partial charge in [-0.05, 0) is 6.07 Å². The van der Waals surface area contributed by atoms with Crippen LogP contribution in [0.15, 0.2) is 16.6 Å². The molecule has 1 atom stereocenters. The van der Waals surface area contributed by atoms with Crippen LogP contribution in [0.2, 0.25) is 0 Å². The van der Waals surface area contributed by atoms with Gasteiger partial charge < -0.3 is 20.9 Å². The van der Waals surface area contributed by atoms with Crippen LogP contribution in [0.5, 0.6) is 5.75 Å². The van der Waals surface area contributed by atoms with Crippen LogP contribution in [0.3, 0.4) is 0 Å². The molecule has 11 heteroatoms. The van der Waals surface area contributed by atoms with E-state index in [4.69, 9.17) is 5.73 Å². The average Bonchev–Trinajstić information content (AvgIpc) is 2.47. The van der Waals surface area contributed by atoms with Gasteiger partial charge in [-0.3, -0.25) is 19.7 Å². The summed E-state index contributed by atoms with van der Waals surface area (Å²) in [5.74, 6) is -1.89. The van der Waals surface area contributed by atoms with E-state index < -0.39 is 34.3 Å². The molecule has 0 fully saturated rings. The van der Waals surface area contributed by atoms with Crippen LogP contribution in [0, 0.1) is 10.1 Å². The average molecular weight is 413 g/mol. The highest BCUT2D eigenvalue weighted by atomic mass is 79.9. The fourth-order valence-corrected chi connectivity index (χ4v) is 2.22. The molecule has 0 aromatic heterocycles. The molecule has 0 heterocycles. The third kappa shape index (κ3) is 5.66. The number of phenols is 1. The van der Waals surface area contributed by atoms with Gasteiger partial charge >= 0.3 is 11.7 Å². The molecule has 0 aliphatic rings. The van der Waals surface area contributed by atoms with E-state index in [1.54, 1.807) is 0 Å². The maximum absolute atomic E-state index is 11.5. The Bertz CT molecular complexity index is 595. The summed E-state index contributed by atoms with van der Waals surface area (Å²) in [6, 6.07) is 1.46. The van der Waals surface area contributed by atoms with E-state index in [0.29, 0.717) is 4.47 Å². The highest BCUT2D eigenvalue weighted by molar-refractivity contribution is 9.10. The Kier molecular flexibility index (Phi) is 8.51. The third-order valence-corrected chi connectivity index (χ3v) is 3.23. The molecule has 1 aromatic carbocycles. The molecule has 128 valence electrons. The molecule has 0 spiro atoms. The number of nitro benzene ring substituents is 1. The summed E-state index contributed by atoms with van der Waals surface area (Å²) in [5, 5.41) is 23.4. The molecule has 0 aliphatic carbocycles. The van der Waals surface area contributed by atoms with Gasteiger partial charge in [0.2, 0.25) is 5.91 Å². The SMILES string of the molecule is COC(=O)CC(NC(=O)CN)c1cc(Br)cc([N+](=O)[O-])c1O.Cl. The molecule has 1 unspecified atom stereocenters. The standard InChI is InChI=1S/C12H14BrN3O6.ClH/c1-22-11(18)4-8(15-10(17)5-14)7-2-6(13)3-9(12(7)19)16(20)21;/h2-3,8,19H,4-5,14H2,1H3,(H,15,17);1H. The van der Waals surface area contributed by atoms with E-state index in [2.05, 4.69) is 26.0 Å². The quantitative estimate of drug-likeness (QED) is 0.361. The zero-order valence-corrected chi connectivity index (χ0v) is 14.3. The Morgan fingerprint density at radius 1 is 1.52 bits per heavy atom. The lowest BCUT2D eigenvalue weighted by Gasteiger charge is -2.19. The number of amides is 1. The molecule has 0 aliphatic heterocycles. The predicted octanol–water partition coefficient (Wildman–Crippen LogP) is 1.16. The molecular formula is C12H15BrClN3O6. The monoisotopic (exact) mass is 411 g/mol. The first-order valence-electron chi connectivity index (χ1n) is 6.03. The summed E-state index contributed by atoms with van der Waals surface area (Å²) in [5.41, 5.74) is 4.65. The lowest BCUT2D eigenvalue weighted by atomic mass is 10.0. The number of rotatable bonds is 6. The second kappa shape index (κ2) is 9.28. The van der Waals surface area contributed by atoms with E-state index in [-0.39, 0.29) is 30.9 Å². The van der Waals surface area contributed by atoms with Crippen LogP contribution in [-0.2, 0) is 14.3 Å². The number of halogens is 2. The molecule has 1 amide bonds. The zero-order valence-electron chi connectivity index (χ0n) is 11.9. The Hall–Kier alpha value is -1.91. The van der Waals surface area contributed by atoms with Gasteiger partial charge in [0, 0.05) is 16.1 Å². The fourth-order valence-electron chi connectivity index (χ4n) is 1.75. The van der Waals surface area contributed by atoms with E-state index in [0.717, 1.165) is 13.2 Å². The van der Waals surface area contributed by atoms with Gasteiger partial charge in [0.15, 0.2) is 5.75 Å². The number of ether oxygens (including phenoxy) is 1. The smallest absolute Gasteiger partial charge is 0.312 e. The van der Waals surface area contributed by atoms with Crippen LogP contribution in [0.1, 0.15) is 18.0 Å². The number of methoxy groups -OCH3 is 1. The summed E-state index contributed by atoms with van der Waals surface area (Å²) >= 11 is 3.08. The number of phenolic OH excluding ortho intramolecular Hbond substituents is 1. The Morgan fingerprint density at radius 2 is 2.13 bits per heavy atom. The van der Waals surface area contributed by atoms with Crippen molar-refractivity contribution in [2.45, 2.75) is 12.5 Å². The number of carbonyl (C=O) groups is 2. The molecule has 0 bridgehead atoms. The Balaban J connectivity index is 0.00000484. The van der Waals surface area contributed by atoms with Crippen molar-refractivity contribution in [1.82, 2.24) is 5.32 Å². The summed E-state index contributed by atoms with van der Waals surface area (Å²) in [6.45, 7) is -0.339. The van der Waals surface area contributed by atoms with Gasteiger partial charge in [-0.2, -0.15) is 0 Å². The normalized spacial score (nSPS) is 11.1. The summed E-state index contributed by atoms with van der Waals surface area (Å²) in [6.07, 6.45) is -0.316. The summed E-state index contributed by atoms with van der Waals surface area (Å²) in [7, 11) is 1.16. The van der Waals surface area contributed by atoms with E-state index in [9.17, 15) is 24.8 Å². The zero-order chi connectivity index (χ0) is 16.9. The summed E-state index contributed by atoms with van der Waals surface area (Å²) < 4.78 is 4.83. The number of nitrogens with two attached hydrogens (primary N) is 1. The van der Waals surface area contributed by atoms with Gasteiger partial charge in [-0.25, -0.2) is 0 Å². The largest absolute Gasteiger partial charge is 0.502 e. The number of nitro groups is 1. The van der Waals surface area contributed by atoms with Gasteiger partial charge in [0.05, 0.1) is 31.0 Å². The molecule has 0 saturated heterocycles. The molecule has 0 saturated carbocycles. The number of hydrogen-bond donors (Lipinski definition) is 3. The van der Waals surface area contributed by atoms with E-state index in [1.165, 1.54) is 6.07 Å². The van der Waals surface area contributed by atoms with Crippen molar-refractivity contribution in [3.63, 3.8) is 0 Å². The fraction of sp³-hybridized carbons (Fsp3) is 0.333. The number of hydrogen-bond acceptors (Lipinski definition) is 7. The first-order valence-corrected chi connectivity index (χ1v) is 6.82.